The van der Waals surface area contributed by atoms with Crippen molar-refractivity contribution < 1.29 is 19.1 Å². The lowest BCUT2D eigenvalue weighted by molar-refractivity contribution is -0.120. The van der Waals surface area contributed by atoms with Gasteiger partial charge in [-0.2, -0.15) is 0 Å². The minimum Gasteiger partial charge on any atom is -0.465 e. The number of hydrogen-bond donors (Lipinski definition) is 1. The molecule has 0 atom stereocenters. The Morgan fingerprint density at radius 3 is 2.44 bits per heavy atom. The second-order valence-corrected chi connectivity index (χ2v) is 6.54. The van der Waals surface area contributed by atoms with E-state index in [-0.39, 0.29) is 28.7 Å². The summed E-state index contributed by atoms with van der Waals surface area (Å²) in [5.74, 6) is -1.23. The Morgan fingerprint density at radius 1 is 1.11 bits per heavy atom. The van der Waals surface area contributed by atoms with E-state index in [1.807, 2.05) is 32.0 Å². The van der Waals surface area contributed by atoms with Gasteiger partial charge in [-0.05, 0) is 49.2 Å². The van der Waals surface area contributed by atoms with Gasteiger partial charge in [0.1, 0.15) is 6.54 Å². The third kappa shape index (κ3) is 5.08. The average molecular weight is 389 g/mol. The van der Waals surface area contributed by atoms with Crippen LogP contribution in [0, 0.1) is 13.8 Å². The molecule has 0 aromatic heterocycles. The van der Waals surface area contributed by atoms with Crippen LogP contribution >= 0.6 is 11.6 Å². The first kappa shape index (κ1) is 20.5. The molecule has 6 nitrogen and oxygen atoms in total. The Hall–Kier alpha value is -2.86. The average Bonchev–Trinajstić information content (AvgIpc) is 2.62. The zero-order valence-electron chi connectivity index (χ0n) is 15.6. The van der Waals surface area contributed by atoms with Crippen LogP contribution in [0.4, 0.5) is 11.4 Å². The lowest BCUT2D eigenvalue weighted by Gasteiger charge is -2.23. The number of nitrogens with one attached hydrogen (secondary N) is 1. The van der Waals surface area contributed by atoms with Gasteiger partial charge in [-0.15, -0.1) is 0 Å². The number of carbonyl (C=O) groups is 3. The summed E-state index contributed by atoms with van der Waals surface area (Å²) in [6.45, 7) is 5.01. The van der Waals surface area contributed by atoms with Crippen molar-refractivity contribution in [2.75, 3.05) is 23.9 Å². The van der Waals surface area contributed by atoms with Gasteiger partial charge in [-0.1, -0.05) is 23.7 Å². The van der Waals surface area contributed by atoms with Crippen molar-refractivity contribution in [3.63, 3.8) is 0 Å². The summed E-state index contributed by atoms with van der Waals surface area (Å²) in [7, 11) is 1.27. The number of halogens is 1. The SMILES string of the molecule is COC(=O)c1ccc(Cl)c(NC(=O)CN(C(C)=O)c2cc(C)ccc2C)c1. The number of carbonyl (C=O) groups excluding carboxylic acids is 3. The Bertz CT molecular complexity index is 896. The quantitative estimate of drug-likeness (QED) is 0.792. The van der Waals surface area contributed by atoms with E-state index >= 15 is 0 Å². The third-order valence-electron chi connectivity index (χ3n) is 4.00. The summed E-state index contributed by atoms with van der Waals surface area (Å²) < 4.78 is 4.67. The highest BCUT2D eigenvalue weighted by molar-refractivity contribution is 6.34. The molecule has 2 aromatic carbocycles. The maximum absolute atomic E-state index is 12.5. The third-order valence-corrected chi connectivity index (χ3v) is 4.33. The van der Waals surface area contributed by atoms with Gasteiger partial charge in [-0.25, -0.2) is 4.79 Å². The van der Waals surface area contributed by atoms with Crippen molar-refractivity contribution in [3.05, 3.63) is 58.1 Å². The molecular formula is C20H21ClN2O4. The van der Waals surface area contributed by atoms with Gasteiger partial charge in [0.05, 0.1) is 23.4 Å². The van der Waals surface area contributed by atoms with Crippen molar-refractivity contribution in [2.24, 2.45) is 0 Å². The van der Waals surface area contributed by atoms with Crippen LogP contribution in [0.2, 0.25) is 5.02 Å². The minimum atomic E-state index is -0.539. The van der Waals surface area contributed by atoms with Crippen LogP contribution in [0.1, 0.15) is 28.4 Å². The van der Waals surface area contributed by atoms with Crippen molar-refractivity contribution >= 4 is 40.8 Å². The number of anilines is 2. The molecule has 0 aliphatic carbocycles. The molecular weight excluding hydrogens is 368 g/mol. The molecule has 2 aromatic rings. The first-order valence-corrected chi connectivity index (χ1v) is 8.63. The number of rotatable bonds is 5. The maximum atomic E-state index is 12.5. The van der Waals surface area contributed by atoms with Crippen molar-refractivity contribution in [3.8, 4) is 0 Å². The lowest BCUT2D eigenvalue weighted by atomic mass is 10.1. The van der Waals surface area contributed by atoms with Gasteiger partial charge in [0.2, 0.25) is 11.8 Å². The molecule has 7 heteroatoms. The van der Waals surface area contributed by atoms with Gasteiger partial charge in [0.15, 0.2) is 0 Å². The van der Waals surface area contributed by atoms with Gasteiger partial charge < -0.3 is 15.0 Å². The summed E-state index contributed by atoms with van der Waals surface area (Å²) in [6, 6.07) is 10.1. The van der Waals surface area contributed by atoms with E-state index in [1.54, 1.807) is 0 Å². The summed E-state index contributed by atoms with van der Waals surface area (Å²) in [4.78, 5) is 37.7. The van der Waals surface area contributed by atoms with E-state index in [4.69, 9.17) is 11.6 Å². The minimum absolute atomic E-state index is 0.182. The first-order chi connectivity index (χ1) is 12.7. The van der Waals surface area contributed by atoms with Gasteiger partial charge in [0, 0.05) is 12.6 Å². The number of aryl methyl sites for hydroxylation is 2. The van der Waals surface area contributed by atoms with Crippen LogP contribution in [0.25, 0.3) is 0 Å². The van der Waals surface area contributed by atoms with E-state index in [1.165, 1.54) is 37.1 Å². The van der Waals surface area contributed by atoms with E-state index in [9.17, 15) is 14.4 Å². The standard InChI is InChI=1S/C20H21ClN2O4/c1-12-5-6-13(2)18(9-12)23(14(3)24)11-19(25)22-17-10-15(20(26)27-4)7-8-16(17)21/h5-10H,11H2,1-4H3,(H,22,25). The summed E-state index contributed by atoms with van der Waals surface area (Å²) >= 11 is 6.10. The zero-order valence-corrected chi connectivity index (χ0v) is 16.4. The molecule has 142 valence electrons. The van der Waals surface area contributed by atoms with Crippen molar-refractivity contribution in [2.45, 2.75) is 20.8 Å². The molecule has 0 spiro atoms. The van der Waals surface area contributed by atoms with Crippen LogP contribution in [0.15, 0.2) is 36.4 Å². The highest BCUT2D eigenvalue weighted by atomic mass is 35.5. The second-order valence-electron chi connectivity index (χ2n) is 6.13. The van der Waals surface area contributed by atoms with Gasteiger partial charge in [0.25, 0.3) is 0 Å². The Balaban J connectivity index is 2.23. The van der Waals surface area contributed by atoms with Crippen molar-refractivity contribution in [1.82, 2.24) is 0 Å². The molecule has 0 heterocycles. The largest absolute Gasteiger partial charge is 0.465 e. The highest BCUT2D eigenvalue weighted by Gasteiger charge is 2.19. The molecule has 1 N–H and O–H groups in total. The molecule has 0 aliphatic rings. The Labute approximate surface area is 163 Å². The summed E-state index contributed by atoms with van der Waals surface area (Å²) in [6.07, 6.45) is 0. The van der Waals surface area contributed by atoms with Gasteiger partial charge >= 0.3 is 5.97 Å². The Morgan fingerprint density at radius 2 is 1.81 bits per heavy atom. The molecule has 0 bridgehead atoms. The monoisotopic (exact) mass is 388 g/mol. The van der Waals surface area contributed by atoms with Crippen molar-refractivity contribution in [1.29, 1.82) is 0 Å². The highest BCUT2D eigenvalue weighted by Crippen LogP contribution is 2.25. The number of hydrogen-bond acceptors (Lipinski definition) is 4. The van der Waals surface area contributed by atoms with Crippen LogP contribution in [0.3, 0.4) is 0 Å². The number of nitrogens with zero attached hydrogens (tertiary/aromatic N) is 1. The van der Waals surface area contributed by atoms with Crippen LogP contribution in [-0.4, -0.2) is 31.4 Å². The molecule has 0 saturated carbocycles. The topological polar surface area (TPSA) is 75.7 Å². The number of methoxy groups -OCH3 is 1. The normalized spacial score (nSPS) is 10.3. The molecule has 2 rings (SSSR count). The number of esters is 1. The zero-order chi connectivity index (χ0) is 20.1. The molecule has 0 saturated heterocycles. The van der Waals surface area contributed by atoms with E-state index in [2.05, 4.69) is 10.1 Å². The number of ether oxygens (including phenoxy) is 1. The molecule has 0 fully saturated rings. The summed E-state index contributed by atoms with van der Waals surface area (Å²) in [5, 5.41) is 2.92. The molecule has 2 amide bonds. The molecule has 0 aliphatic heterocycles. The molecule has 27 heavy (non-hydrogen) atoms. The number of amides is 2. The fourth-order valence-corrected chi connectivity index (χ4v) is 2.74. The van der Waals surface area contributed by atoms with E-state index in [0.717, 1.165) is 11.1 Å². The van der Waals surface area contributed by atoms with Crippen LogP contribution in [-0.2, 0) is 14.3 Å². The second kappa shape index (κ2) is 8.68. The molecule has 0 radical (unpaired) electrons. The predicted molar refractivity (Wildman–Crippen MR) is 105 cm³/mol. The predicted octanol–water partition coefficient (Wildman–Crippen LogP) is 3.74. The van der Waals surface area contributed by atoms with E-state index < -0.39 is 11.9 Å². The number of benzene rings is 2. The molecule has 0 unspecified atom stereocenters. The van der Waals surface area contributed by atoms with Gasteiger partial charge in [-0.3, -0.25) is 9.59 Å². The fraction of sp³-hybridized carbons (Fsp3) is 0.250. The maximum Gasteiger partial charge on any atom is 0.337 e. The smallest absolute Gasteiger partial charge is 0.337 e. The van der Waals surface area contributed by atoms with E-state index in [0.29, 0.717) is 5.69 Å². The van der Waals surface area contributed by atoms with Crippen LogP contribution in [0.5, 0.6) is 0 Å². The first-order valence-electron chi connectivity index (χ1n) is 8.26. The Kier molecular flexibility index (Phi) is 6.58. The summed E-state index contributed by atoms with van der Waals surface area (Å²) in [5.41, 5.74) is 3.07. The fourth-order valence-electron chi connectivity index (χ4n) is 2.58. The van der Waals surface area contributed by atoms with Crippen LogP contribution < -0.4 is 10.2 Å². The lowest BCUT2D eigenvalue weighted by Crippen LogP contribution is -2.37.